The van der Waals surface area contributed by atoms with Gasteiger partial charge < -0.3 is 5.11 Å². The molecule has 0 amide bonds. The summed E-state index contributed by atoms with van der Waals surface area (Å²) in [4.78, 5) is 16.4. The lowest BCUT2D eigenvalue weighted by Gasteiger charge is -2.01. The molecule has 4 rings (SSSR count). The van der Waals surface area contributed by atoms with Crippen molar-refractivity contribution in [1.82, 2.24) is 9.38 Å². The minimum Gasteiger partial charge on any atom is -0.478 e. The molecular formula is C18H10ClFN2O2S. The molecule has 0 fully saturated rings. The Morgan fingerprint density at radius 3 is 2.68 bits per heavy atom. The highest BCUT2D eigenvalue weighted by atomic mass is 35.5. The minimum atomic E-state index is -0.989. The summed E-state index contributed by atoms with van der Waals surface area (Å²) >= 11 is 7.34. The largest absolute Gasteiger partial charge is 0.478 e. The topological polar surface area (TPSA) is 54.6 Å². The van der Waals surface area contributed by atoms with Crippen molar-refractivity contribution in [3.8, 4) is 22.6 Å². The van der Waals surface area contributed by atoms with E-state index in [9.17, 15) is 9.18 Å². The number of imidazole rings is 1. The predicted molar refractivity (Wildman–Crippen MR) is 95.9 cm³/mol. The molecule has 0 bridgehead atoms. The van der Waals surface area contributed by atoms with E-state index < -0.39 is 11.8 Å². The van der Waals surface area contributed by atoms with Crippen LogP contribution in [-0.2, 0) is 0 Å². The van der Waals surface area contributed by atoms with Gasteiger partial charge in [-0.25, -0.2) is 14.2 Å². The molecular weight excluding hydrogens is 363 g/mol. The Morgan fingerprint density at radius 2 is 1.96 bits per heavy atom. The third-order valence-electron chi connectivity index (χ3n) is 3.85. The molecule has 7 heteroatoms. The third-order valence-corrected chi connectivity index (χ3v) is 5.02. The molecule has 0 saturated carbocycles. The van der Waals surface area contributed by atoms with Gasteiger partial charge in [0.2, 0.25) is 0 Å². The third kappa shape index (κ3) is 2.59. The zero-order valence-corrected chi connectivity index (χ0v) is 14.2. The van der Waals surface area contributed by atoms with E-state index in [0.29, 0.717) is 17.1 Å². The van der Waals surface area contributed by atoms with E-state index in [4.69, 9.17) is 16.7 Å². The Bertz CT molecular complexity index is 1100. The van der Waals surface area contributed by atoms with Crippen LogP contribution in [0.4, 0.5) is 4.39 Å². The van der Waals surface area contributed by atoms with Crippen molar-refractivity contribution in [3.63, 3.8) is 0 Å². The first kappa shape index (κ1) is 15.8. The monoisotopic (exact) mass is 372 g/mol. The molecule has 0 aliphatic rings. The zero-order valence-electron chi connectivity index (χ0n) is 12.6. The van der Waals surface area contributed by atoms with Crippen LogP contribution in [0, 0.1) is 5.82 Å². The fraction of sp³-hybridized carbons (Fsp3) is 0. The number of hydrogen-bond acceptors (Lipinski definition) is 3. The molecule has 4 nitrogen and oxygen atoms in total. The lowest BCUT2D eigenvalue weighted by Crippen LogP contribution is -1.95. The number of carboxylic acid groups (broad SMARTS) is 1. The highest BCUT2D eigenvalue weighted by Gasteiger charge is 2.19. The quantitative estimate of drug-likeness (QED) is 0.536. The van der Waals surface area contributed by atoms with Gasteiger partial charge >= 0.3 is 5.97 Å². The van der Waals surface area contributed by atoms with E-state index in [2.05, 4.69) is 4.98 Å². The fourth-order valence-corrected chi connectivity index (χ4v) is 3.67. The summed E-state index contributed by atoms with van der Waals surface area (Å²) in [6, 6.07) is 11.2. The van der Waals surface area contributed by atoms with Gasteiger partial charge in [-0.2, -0.15) is 0 Å². The fourth-order valence-electron chi connectivity index (χ4n) is 2.65. The molecule has 0 spiro atoms. The lowest BCUT2D eigenvalue weighted by atomic mass is 10.1. The maximum atomic E-state index is 14.4. The van der Waals surface area contributed by atoms with Gasteiger partial charge in [0, 0.05) is 22.7 Å². The summed E-state index contributed by atoms with van der Waals surface area (Å²) in [5.74, 6) is -0.884. The number of halogens is 2. The van der Waals surface area contributed by atoms with Crippen LogP contribution < -0.4 is 0 Å². The van der Waals surface area contributed by atoms with Crippen LogP contribution in [0.3, 0.4) is 0 Å². The van der Waals surface area contributed by atoms with Gasteiger partial charge in [0.05, 0.1) is 10.6 Å². The van der Waals surface area contributed by atoms with Crippen LogP contribution in [0.1, 0.15) is 10.4 Å². The van der Waals surface area contributed by atoms with E-state index in [-0.39, 0.29) is 10.6 Å². The number of thiazole rings is 1. The number of carboxylic acids is 1. The summed E-state index contributed by atoms with van der Waals surface area (Å²) in [5, 5.41) is 11.0. The predicted octanol–water partition coefficient (Wildman–Crippen LogP) is 5.22. The van der Waals surface area contributed by atoms with Crippen LogP contribution in [0.2, 0.25) is 5.02 Å². The second-order valence-electron chi connectivity index (χ2n) is 5.35. The molecule has 25 heavy (non-hydrogen) atoms. The highest BCUT2D eigenvalue weighted by molar-refractivity contribution is 7.16. The van der Waals surface area contributed by atoms with E-state index in [1.54, 1.807) is 24.3 Å². The van der Waals surface area contributed by atoms with E-state index in [1.165, 1.54) is 29.5 Å². The first-order chi connectivity index (χ1) is 12.1. The number of nitrogens with zero attached hydrogens (tertiary/aromatic N) is 2. The first-order valence-corrected chi connectivity index (χ1v) is 8.55. The number of fused-ring (bicyclic) bond motifs is 1. The molecule has 0 saturated heterocycles. The van der Waals surface area contributed by atoms with E-state index >= 15 is 0 Å². The molecule has 0 unspecified atom stereocenters. The van der Waals surface area contributed by atoms with Gasteiger partial charge in [0.1, 0.15) is 16.3 Å². The smallest absolute Gasteiger partial charge is 0.335 e. The van der Waals surface area contributed by atoms with Gasteiger partial charge in [-0.3, -0.25) is 4.40 Å². The number of carbonyl (C=O) groups is 1. The van der Waals surface area contributed by atoms with Gasteiger partial charge in [-0.1, -0.05) is 29.8 Å². The van der Waals surface area contributed by atoms with Crippen LogP contribution in [0.15, 0.2) is 54.0 Å². The number of aromatic nitrogens is 2. The Labute approximate surface area is 150 Å². The molecule has 2 aromatic carbocycles. The van der Waals surface area contributed by atoms with Crippen molar-refractivity contribution in [2.24, 2.45) is 0 Å². The second-order valence-corrected chi connectivity index (χ2v) is 6.65. The van der Waals surface area contributed by atoms with E-state index in [0.717, 1.165) is 10.4 Å². The Kier molecular flexibility index (Phi) is 3.78. The van der Waals surface area contributed by atoms with Gasteiger partial charge in [0.15, 0.2) is 5.82 Å². The van der Waals surface area contributed by atoms with E-state index in [1.807, 2.05) is 16.0 Å². The minimum absolute atomic E-state index is 0.0440. The van der Waals surface area contributed by atoms with Gasteiger partial charge in [0.25, 0.3) is 0 Å². The Balaban J connectivity index is 1.91. The van der Waals surface area contributed by atoms with Crippen LogP contribution in [0.5, 0.6) is 0 Å². The van der Waals surface area contributed by atoms with Crippen LogP contribution >= 0.6 is 22.9 Å². The number of hydrogen-bond donors (Lipinski definition) is 1. The second kappa shape index (κ2) is 5.98. The highest BCUT2D eigenvalue weighted by Crippen LogP contribution is 2.35. The van der Waals surface area contributed by atoms with Gasteiger partial charge in [-0.15, -0.1) is 11.3 Å². The molecule has 0 radical (unpaired) electrons. The van der Waals surface area contributed by atoms with Crippen molar-refractivity contribution in [2.75, 3.05) is 0 Å². The number of aromatic carboxylic acids is 1. The molecule has 0 atom stereocenters. The number of rotatable bonds is 3. The number of benzene rings is 2. The Morgan fingerprint density at radius 1 is 1.20 bits per heavy atom. The molecule has 1 N–H and O–H groups in total. The van der Waals surface area contributed by atoms with Crippen LogP contribution in [0.25, 0.3) is 27.5 Å². The van der Waals surface area contributed by atoms with Crippen molar-refractivity contribution >= 4 is 33.7 Å². The zero-order chi connectivity index (χ0) is 17.6. The van der Waals surface area contributed by atoms with Crippen molar-refractivity contribution < 1.29 is 14.3 Å². The van der Waals surface area contributed by atoms with Crippen LogP contribution in [-0.4, -0.2) is 20.5 Å². The summed E-state index contributed by atoms with van der Waals surface area (Å²) < 4.78 is 16.3. The Hall–Kier alpha value is -2.70. The maximum absolute atomic E-state index is 14.4. The molecule has 2 heterocycles. The summed E-state index contributed by atoms with van der Waals surface area (Å²) in [6.07, 6.45) is 1.85. The maximum Gasteiger partial charge on any atom is 0.335 e. The molecule has 124 valence electrons. The van der Waals surface area contributed by atoms with Gasteiger partial charge in [-0.05, 0) is 24.3 Å². The SMILES string of the molecule is O=C(O)c1ccc(-c2nc(-c3cccc(Cl)c3F)c3sccn23)cc1. The van der Waals surface area contributed by atoms with Crippen molar-refractivity contribution in [3.05, 3.63) is 70.4 Å². The average molecular weight is 373 g/mol. The van der Waals surface area contributed by atoms with Crippen molar-refractivity contribution in [2.45, 2.75) is 0 Å². The lowest BCUT2D eigenvalue weighted by molar-refractivity contribution is 0.0697. The van der Waals surface area contributed by atoms with Crippen molar-refractivity contribution in [1.29, 1.82) is 0 Å². The standard InChI is InChI=1S/C18H10ClFN2O2S/c19-13-3-1-2-12(14(13)20)15-17-22(8-9-25-17)16(21-15)10-4-6-11(7-5-10)18(23)24/h1-9H,(H,23,24). The summed E-state index contributed by atoms with van der Waals surface area (Å²) in [7, 11) is 0. The molecule has 4 aromatic rings. The molecule has 0 aliphatic carbocycles. The average Bonchev–Trinajstić information content (AvgIpc) is 3.20. The first-order valence-electron chi connectivity index (χ1n) is 7.30. The summed E-state index contributed by atoms with van der Waals surface area (Å²) in [6.45, 7) is 0. The molecule has 0 aliphatic heterocycles. The summed E-state index contributed by atoms with van der Waals surface area (Å²) in [5.41, 5.74) is 1.78. The molecule has 2 aromatic heterocycles. The normalized spacial score (nSPS) is 11.1.